The summed E-state index contributed by atoms with van der Waals surface area (Å²) in [5.74, 6) is -0.432. The molecule has 0 radical (unpaired) electrons. The van der Waals surface area contributed by atoms with Gasteiger partial charge in [-0.3, -0.25) is 9.59 Å². The summed E-state index contributed by atoms with van der Waals surface area (Å²) in [6, 6.07) is 12.1. The fraction of sp³-hybridized carbons (Fsp3) is 0.300. The number of rotatable bonds is 7. The molecule has 0 spiro atoms. The molecule has 4 N–H and O–H groups in total. The van der Waals surface area contributed by atoms with E-state index >= 15 is 0 Å². The van der Waals surface area contributed by atoms with E-state index in [9.17, 15) is 9.59 Å². The highest BCUT2D eigenvalue weighted by Crippen LogP contribution is 2.27. The van der Waals surface area contributed by atoms with Crippen LogP contribution in [0.25, 0.3) is 0 Å². The molecule has 26 heavy (non-hydrogen) atoms. The lowest BCUT2D eigenvalue weighted by Gasteiger charge is -2.19. The second-order valence-electron chi connectivity index (χ2n) is 6.31. The Morgan fingerprint density at radius 3 is 2.50 bits per heavy atom. The van der Waals surface area contributed by atoms with Gasteiger partial charge in [0.05, 0.1) is 10.6 Å². The first-order valence-electron chi connectivity index (χ1n) is 8.59. The number of halogens is 1. The average molecular weight is 374 g/mol. The van der Waals surface area contributed by atoms with Crippen molar-refractivity contribution < 1.29 is 9.59 Å². The van der Waals surface area contributed by atoms with Crippen molar-refractivity contribution in [2.75, 3.05) is 10.6 Å². The van der Waals surface area contributed by atoms with Gasteiger partial charge in [-0.2, -0.15) is 0 Å². The molecule has 138 valence electrons. The summed E-state index contributed by atoms with van der Waals surface area (Å²) in [5.41, 5.74) is 8.04. The van der Waals surface area contributed by atoms with Crippen molar-refractivity contribution in [1.29, 1.82) is 0 Å². The summed E-state index contributed by atoms with van der Waals surface area (Å²) < 4.78 is 0. The van der Waals surface area contributed by atoms with E-state index in [1.54, 1.807) is 25.1 Å². The van der Waals surface area contributed by atoms with Crippen LogP contribution in [0.4, 0.5) is 11.4 Å². The van der Waals surface area contributed by atoms with E-state index in [4.69, 9.17) is 17.3 Å². The van der Waals surface area contributed by atoms with Crippen LogP contribution in [-0.4, -0.2) is 17.9 Å². The van der Waals surface area contributed by atoms with Gasteiger partial charge in [0.15, 0.2) is 0 Å². The Morgan fingerprint density at radius 1 is 1.15 bits per heavy atom. The second kappa shape index (κ2) is 8.72. The van der Waals surface area contributed by atoms with E-state index in [2.05, 4.69) is 24.5 Å². The predicted octanol–water partition coefficient (Wildman–Crippen LogP) is 4.39. The van der Waals surface area contributed by atoms with E-state index < -0.39 is 11.9 Å². The Balaban J connectivity index is 2.12. The maximum Gasteiger partial charge on any atom is 0.250 e. The SMILES string of the molecule is CC[C@@H](C)c1ccccc1NC(=O)[C@H](C)Nc1ccc(Cl)c(C(N)=O)c1. The molecule has 5 nitrogen and oxygen atoms in total. The molecule has 6 heteroatoms. The smallest absolute Gasteiger partial charge is 0.250 e. The Hall–Kier alpha value is -2.53. The summed E-state index contributed by atoms with van der Waals surface area (Å²) in [7, 11) is 0. The third kappa shape index (κ3) is 4.76. The van der Waals surface area contributed by atoms with Crippen molar-refractivity contribution in [3.05, 3.63) is 58.6 Å². The zero-order valence-corrected chi connectivity index (χ0v) is 15.9. The van der Waals surface area contributed by atoms with Crippen LogP contribution in [0, 0.1) is 0 Å². The monoisotopic (exact) mass is 373 g/mol. The molecule has 0 aromatic heterocycles. The molecule has 0 bridgehead atoms. The number of carbonyl (C=O) groups is 2. The molecule has 0 saturated heterocycles. The number of nitrogens with two attached hydrogens (primary N) is 1. The van der Waals surface area contributed by atoms with Crippen molar-refractivity contribution in [3.8, 4) is 0 Å². The molecular formula is C20H24ClN3O2. The molecule has 0 aliphatic carbocycles. The van der Waals surface area contributed by atoms with E-state index in [0.29, 0.717) is 11.6 Å². The van der Waals surface area contributed by atoms with Crippen LogP contribution in [-0.2, 0) is 4.79 Å². The van der Waals surface area contributed by atoms with E-state index in [1.165, 1.54) is 0 Å². The van der Waals surface area contributed by atoms with Crippen LogP contribution in [0.15, 0.2) is 42.5 Å². The van der Waals surface area contributed by atoms with Gasteiger partial charge in [-0.15, -0.1) is 0 Å². The zero-order chi connectivity index (χ0) is 19.3. The lowest BCUT2D eigenvalue weighted by molar-refractivity contribution is -0.116. The summed E-state index contributed by atoms with van der Waals surface area (Å²) >= 11 is 5.95. The third-order valence-electron chi connectivity index (χ3n) is 4.37. The van der Waals surface area contributed by atoms with Crippen LogP contribution >= 0.6 is 11.6 Å². The van der Waals surface area contributed by atoms with E-state index in [0.717, 1.165) is 17.7 Å². The minimum absolute atomic E-state index is 0.170. The van der Waals surface area contributed by atoms with Crippen LogP contribution < -0.4 is 16.4 Å². The average Bonchev–Trinajstić information content (AvgIpc) is 2.62. The molecule has 0 aliphatic heterocycles. The summed E-state index contributed by atoms with van der Waals surface area (Å²) in [6.07, 6.45) is 0.987. The first-order chi connectivity index (χ1) is 12.3. The normalized spacial score (nSPS) is 12.9. The highest BCUT2D eigenvalue weighted by molar-refractivity contribution is 6.33. The van der Waals surface area contributed by atoms with Gasteiger partial charge in [0.2, 0.25) is 11.8 Å². The van der Waals surface area contributed by atoms with Gasteiger partial charge in [-0.25, -0.2) is 0 Å². The van der Waals surface area contributed by atoms with Crippen molar-refractivity contribution in [3.63, 3.8) is 0 Å². The lowest BCUT2D eigenvalue weighted by Crippen LogP contribution is -2.32. The lowest BCUT2D eigenvalue weighted by atomic mass is 9.97. The third-order valence-corrected chi connectivity index (χ3v) is 4.70. The van der Waals surface area contributed by atoms with Gasteiger partial charge < -0.3 is 16.4 Å². The van der Waals surface area contributed by atoms with Crippen molar-refractivity contribution in [2.24, 2.45) is 5.73 Å². The van der Waals surface area contributed by atoms with Gasteiger partial charge in [-0.1, -0.05) is 43.6 Å². The molecule has 0 unspecified atom stereocenters. The predicted molar refractivity (Wildman–Crippen MR) is 107 cm³/mol. The number of primary amides is 1. The Bertz CT molecular complexity index is 807. The van der Waals surface area contributed by atoms with Crippen LogP contribution in [0.2, 0.25) is 5.02 Å². The van der Waals surface area contributed by atoms with Crippen LogP contribution in [0.5, 0.6) is 0 Å². The zero-order valence-electron chi connectivity index (χ0n) is 15.2. The van der Waals surface area contributed by atoms with E-state index in [-0.39, 0.29) is 16.5 Å². The Labute approximate surface area is 158 Å². The van der Waals surface area contributed by atoms with Gasteiger partial charge >= 0.3 is 0 Å². The molecule has 0 aliphatic rings. The number of nitrogens with one attached hydrogen (secondary N) is 2. The highest BCUT2D eigenvalue weighted by Gasteiger charge is 2.17. The number of benzene rings is 2. The van der Waals surface area contributed by atoms with Gasteiger partial charge in [-0.05, 0) is 49.1 Å². The van der Waals surface area contributed by atoms with Crippen LogP contribution in [0.3, 0.4) is 0 Å². The number of amides is 2. The topological polar surface area (TPSA) is 84.2 Å². The molecule has 2 rings (SSSR count). The summed E-state index contributed by atoms with van der Waals surface area (Å²) in [5, 5.41) is 6.32. The number of hydrogen-bond donors (Lipinski definition) is 3. The standard InChI is InChI=1S/C20H24ClN3O2/c1-4-12(2)15-7-5-6-8-18(15)24-20(26)13(3)23-14-9-10-17(21)16(11-14)19(22)25/h5-13,23H,4H2,1-3H3,(H2,22,25)(H,24,26)/t12-,13+/m1/s1. The van der Waals surface area contributed by atoms with Crippen molar-refractivity contribution in [1.82, 2.24) is 0 Å². The molecule has 0 heterocycles. The van der Waals surface area contributed by atoms with Gasteiger partial charge in [0, 0.05) is 11.4 Å². The minimum Gasteiger partial charge on any atom is -0.374 e. The first kappa shape index (κ1) is 19.8. The minimum atomic E-state index is -0.613. The quantitative estimate of drug-likeness (QED) is 0.672. The first-order valence-corrected chi connectivity index (χ1v) is 8.97. The summed E-state index contributed by atoms with van der Waals surface area (Å²) in [4.78, 5) is 24.0. The summed E-state index contributed by atoms with van der Waals surface area (Å²) in [6.45, 7) is 6.00. The highest BCUT2D eigenvalue weighted by atomic mass is 35.5. The number of carbonyl (C=O) groups excluding carboxylic acids is 2. The maximum absolute atomic E-state index is 12.6. The number of para-hydroxylation sites is 1. The molecule has 2 aromatic rings. The van der Waals surface area contributed by atoms with Gasteiger partial charge in [0.1, 0.15) is 6.04 Å². The Kier molecular flexibility index (Phi) is 6.64. The fourth-order valence-corrected chi connectivity index (χ4v) is 2.83. The Morgan fingerprint density at radius 2 is 1.85 bits per heavy atom. The maximum atomic E-state index is 12.6. The number of hydrogen-bond acceptors (Lipinski definition) is 3. The number of anilines is 2. The van der Waals surface area contributed by atoms with Crippen LogP contribution in [0.1, 0.15) is 49.0 Å². The fourth-order valence-electron chi connectivity index (χ4n) is 2.62. The molecule has 0 saturated carbocycles. The van der Waals surface area contributed by atoms with Crippen molar-refractivity contribution in [2.45, 2.75) is 39.2 Å². The molecule has 0 fully saturated rings. The van der Waals surface area contributed by atoms with Gasteiger partial charge in [0.25, 0.3) is 0 Å². The largest absolute Gasteiger partial charge is 0.374 e. The molecule has 2 atom stereocenters. The van der Waals surface area contributed by atoms with Crippen molar-refractivity contribution >= 4 is 34.8 Å². The molecule has 2 aromatic carbocycles. The second-order valence-corrected chi connectivity index (χ2v) is 6.72. The van der Waals surface area contributed by atoms with E-state index in [1.807, 2.05) is 24.3 Å². The molecular weight excluding hydrogens is 350 g/mol. The molecule has 2 amide bonds.